The van der Waals surface area contributed by atoms with Crippen molar-refractivity contribution in [3.63, 3.8) is 0 Å². The van der Waals surface area contributed by atoms with Gasteiger partial charge in [-0.05, 0) is 43.0 Å². The van der Waals surface area contributed by atoms with Crippen molar-refractivity contribution in [2.75, 3.05) is 13.2 Å². The van der Waals surface area contributed by atoms with Crippen LogP contribution in [0.25, 0.3) is 0 Å². The maximum Gasteiger partial charge on any atom is 0.338 e. The molecule has 4 heteroatoms. The lowest BCUT2D eigenvalue weighted by atomic mass is 10.0. The lowest BCUT2D eigenvalue weighted by molar-refractivity contribution is 0.0483. The minimum atomic E-state index is -0.336. The van der Waals surface area contributed by atoms with Gasteiger partial charge in [-0.1, -0.05) is 72.1 Å². The van der Waals surface area contributed by atoms with Gasteiger partial charge in [-0.2, -0.15) is 0 Å². The van der Waals surface area contributed by atoms with Crippen LogP contribution in [-0.4, -0.2) is 25.2 Å². The molecule has 0 unspecified atom stereocenters. The highest BCUT2D eigenvalue weighted by Gasteiger charge is 2.11. The summed E-state index contributed by atoms with van der Waals surface area (Å²) in [7, 11) is 0. The normalized spacial score (nSPS) is 10.9. The van der Waals surface area contributed by atoms with E-state index in [2.05, 4.69) is 20.8 Å². The third-order valence-electron chi connectivity index (χ3n) is 4.75. The Morgan fingerprint density at radius 3 is 1.57 bits per heavy atom. The molecule has 0 fully saturated rings. The maximum absolute atomic E-state index is 12.1. The van der Waals surface area contributed by atoms with E-state index in [0.717, 1.165) is 31.6 Å². The van der Waals surface area contributed by atoms with Crippen molar-refractivity contribution in [2.24, 2.45) is 5.92 Å². The summed E-state index contributed by atoms with van der Waals surface area (Å²) in [6, 6.07) is 6.51. The Labute approximate surface area is 171 Å². The molecule has 4 nitrogen and oxygen atoms in total. The number of hydrogen-bond donors (Lipinski definition) is 0. The summed E-state index contributed by atoms with van der Waals surface area (Å²) in [5, 5.41) is 0. The molecular weight excluding hydrogens is 352 g/mol. The van der Waals surface area contributed by atoms with Gasteiger partial charge >= 0.3 is 11.9 Å². The predicted octanol–water partition coefficient (Wildman–Crippen LogP) is 6.58. The highest BCUT2D eigenvalue weighted by atomic mass is 16.5. The maximum atomic E-state index is 12.1. The summed E-state index contributed by atoms with van der Waals surface area (Å²) in [5.74, 6) is 0.0821. The van der Waals surface area contributed by atoms with Crippen molar-refractivity contribution in [3.8, 4) is 0 Å². The molecule has 0 amide bonds. The van der Waals surface area contributed by atoms with E-state index in [9.17, 15) is 9.59 Å². The van der Waals surface area contributed by atoms with E-state index in [1.54, 1.807) is 24.3 Å². The van der Waals surface area contributed by atoms with Crippen molar-refractivity contribution < 1.29 is 19.1 Å². The molecule has 0 spiro atoms. The Kier molecular flexibility index (Phi) is 13.1. The molecule has 0 saturated carbocycles. The molecule has 0 radical (unpaired) electrons. The van der Waals surface area contributed by atoms with E-state index in [0.29, 0.717) is 24.3 Å². The molecule has 0 aliphatic carbocycles. The SMILES string of the molecule is CCCCCCCOC(=O)c1ccc(C(=O)OCCCCCCC(C)C)cc1. The zero-order chi connectivity index (χ0) is 20.6. The van der Waals surface area contributed by atoms with Crippen LogP contribution in [0, 0.1) is 5.92 Å². The molecule has 1 aromatic carbocycles. The minimum absolute atomic E-state index is 0.335. The fraction of sp³-hybridized carbons (Fsp3) is 0.667. The first-order valence-corrected chi connectivity index (χ1v) is 11.0. The molecule has 0 atom stereocenters. The molecule has 0 N–H and O–H groups in total. The average Bonchev–Trinajstić information content (AvgIpc) is 2.69. The smallest absolute Gasteiger partial charge is 0.338 e. The zero-order valence-electron chi connectivity index (χ0n) is 18.0. The van der Waals surface area contributed by atoms with Gasteiger partial charge in [0.1, 0.15) is 0 Å². The van der Waals surface area contributed by atoms with Gasteiger partial charge in [-0.15, -0.1) is 0 Å². The van der Waals surface area contributed by atoms with Gasteiger partial charge in [-0.25, -0.2) is 9.59 Å². The lowest BCUT2D eigenvalue weighted by Crippen LogP contribution is -2.09. The van der Waals surface area contributed by atoms with Crippen LogP contribution >= 0.6 is 0 Å². The monoisotopic (exact) mass is 390 g/mol. The van der Waals surface area contributed by atoms with Crippen LogP contribution in [0.15, 0.2) is 24.3 Å². The van der Waals surface area contributed by atoms with E-state index >= 15 is 0 Å². The molecule has 0 bridgehead atoms. The van der Waals surface area contributed by atoms with Crippen LogP contribution in [0.2, 0.25) is 0 Å². The van der Waals surface area contributed by atoms with Crippen LogP contribution in [-0.2, 0) is 9.47 Å². The second kappa shape index (κ2) is 15.1. The van der Waals surface area contributed by atoms with Crippen LogP contribution in [0.1, 0.15) is 106 Å². The Morgan fingerprint density at radius 2 is 1.14 bits per heavy atom. The van der Waals surface area contributed by atoms with E-state index < -0.39 is 0 Å². The Morgan fingerprint density at radius 1 is 0.714 bits per heavy atom. The van der Waals surface area contributed by atoms with Crippen molar-refractivity contribution in [1.82, 2.24) is 0 Å². The van der Waals surface area contributed by atoms with Crippen molar-refractivity contribution in [3.05, 3.63) is 35.4 Å². The predicted molar refractivity (Wildman–Crippen MR) is 114 cm³/mol. The topological polar surface area (TPSA) is 52.6 Å². The summed E-state index contributed by atoms with van der Waals surface area (Å²) >= 11 is 0. The second-order valence-electron chi connectivity index (χ2n) is 7.86. The Bertz CT molecular complexity index is 548. The fourth-order valence-electron chi connectivity index (χ4n) is 2.95. The quantitative estimate of drug-likeness (QED) is 0.251. The first-order valence-electron chi connectivity index (χ1n) is 11.0. The second-order valence-corrected chi connectivity index (χ2v) is 7.86. The van der Waals surface area contributed by atoms with Crippen molar-refractivity contribution in [2.45, 2.75) is 85.0 Å². The largest absolute Gasteiger partial charge is 0.462 e. The number of ether oxygens (including phenoxy) is 2. The third-order valence-corrected chi connectivity index (χ3v) is 4.75. The lowest BCUT2D eigenvalue weighted by Gasteiger charge is -2.07. The Balaban J connectivity index is 2.21. The van der Waals surface area contributed by atoms with E-state index in [4.69, 9.17) is 9.47 Å². The highest BCUT2D eigenvalue weighted by molar-refractivity contribution is 5.93. The van der Waals surface area contributed by atoms with Crippen molar-refractivity contribution in [1.29, 1.82) is 0 Å². The van der Waals surface area contributed by atoms with E-state index in [1.165, 1.54) is 38.5 Å². The standard InChI is InChI=1S/C24H38O4/c1-4-5-6-8-11-18-27-23(25)21-14-16-22(17-15-21)24(26)28-19-12-9-7-10-13-20(2)3/h14-17,20H,4-13,18-19H2,1-3H3. The summed E-state index contributed by atoms with van der Waals surface area (Å²) in [6.45, 7) is 7.54. The Hall–Kier alpha value is -1.84. The minimum Gasteiger partial charge on any atom is -0.462 e. The molecule has 0 heterocycles. The van der Waals surface area contributed by atoms with Gasteiger partial charge in [0.25, 0.3) is 0 Å². The summed E-state index contributed by atoms with van der Waals surface area (Å²) in [6.07, 6.45) is 11.3. The number of esters is 2. The van der Waals surface area contributed by atoms with Gasteiger partial charge in [0, 0.05) is 0 Å². The zero-order valence-corrected chi connectivity index (χ0v) is 18.0. The number of rotatable bonds is 15. The highest BCUT2D eigenvalue weighted by Crippen LogP contribution is 2.11. The molecule has 1 aromatic rings. The van der Waals surface area contributed by atoms with Crippen LogP contribution in [0.4, 0.5) is 0 Å². The first kappa shape index (κ1) is 24.2. The van der Waals surface area contributed by atoms with Crippen molar-refractivity contribution >= 4 is 11.9 Å². The summed E-state index contributed by atoms with van der Waals surface area (Å²) in [4.78, 5) is 24.1. The fourth-order valence-corrected chi connectivity index (χ4v) is 2.95. The van der Waals surface area contributed by atoms with E-state index in [-0.39, 0.29) is 11.9 Å². The van der Waals surface area contributed by atoms with Gasteiger partial charge < -0.3 is 9.47 Å². The molecule has 0 aliphatic heterocycles. The van der Waals surface area contributed by atoms with Gasteiger partial charge in [0.05, 0.1) is 24.3 Å². The molecule has 1 rings (SSSR count). The van der Waals surface area contributed by atoms with Crippen LogP contribution < -0.4 is 0 Å². The number of carbonyl (C=O) groups excluding carboxylic acids is 2. The summed E-state index contributed by atoms with van der Waals surface area (Å²) in [5.41, 5.74) is 0.936. The molecular formula is C24H38O4. The van der Waals surface area contributed by atoms with Crippen LogP contribution in [0.5, 0.6) is 0 Å². The number of benzene rings is 1. The van der Waals surface area contributed by atoms with E-state index in [1.807, 2.05) is 0 Å². The number of carbonyl (C=O) groups is 2. The van der Waals surface area contributed by atoms with Gasteiger partial charge in [0.2, 0.25) is 0 Å². The van der Waals surface area contributed by atoms with Crippen LogP contribution in [0.3, 0.4) is 0 Å². The first-order chi connectivity index (χ1) is 13.5. The average molecular weight is 391 g/mol. The number of hydrogen-bond acceptors (Lipinski definition) is 4. The number of unbranched alkanes of at least 4 members (excludes halogenated alkanes) is 7. The molecule has 0 saturated heterocycles. The van der Waals surface area contributed by atoms with Gasteiger partial charge in [0.15, 0.2) is 0 Å². The molecule has 0 aliphatic rings. The van der Waals surface area contributed by atoms with Gasteiger partial charge in [-0.3, -0.25) is 0 Å². The molecule has 0 aromatic heterocycles. The molecule has 28 heavy (non-hydrogen) atoms. The third kappa shape index (κ3) is 11.1. The summed E-state index contributed by atoms with van der Waals surface area (Å²) < 4.78 is 10.6. The molecule has 158 valence electrons.